The summed E-state index contributed by atoms with van der Waals surface area (Å²) in [4.78, 5) is 9.96. The van der Waals surface area contributed by atoms with Crippen LogP contribution in [0.4, 0.5) is 0 Å². The van der Waals surface area contributed by atoms with Crippen molar-refractivity contribution in [3.8, 4) is 56.7 Å². The molecule has 347 valence electrons. The molecule has 0 N–H and O–H groups in total. The molecule has 0 amide bonds. The molecule has 7 heteroatoms. The van der Waals surface area contributed by atoms with Crippen LogP contribution < -0.4 is 5.19 Å². The molecule has 10 rings (SSSR count). The Labute approximate surface area is 422 Å². The predicted octanol–water partition coefficient (Wildman–Crippen LogP) is 16.1. The number of hydrogen-bond acceptors (Lipinski definition) is 4. The van der Waals surface area contributed by atoms with Crippen molar-refractivity contribution in [2.45, 2.75) is 79.4 Å². The molecule has 0 atom stereocenters. The minimum atomic E-state index is -1.40. The van der Waals surface area contributed by atoms with Crippen molar-refractivity contribution < 1.29 is 24.5 Å². The number of aromatic nitrogens is 3. The summed E-state index contributed by atoms with van der Waals surface area (Å²) in [6, 6.07) is 61.5. The largest absolute Gasteiger partial charge is 0.501 e. The third-order valence-corrected chi connectivity index (χ3v) is 14.8. The molecule has 0 aliphatic rings. The summed E-state index contributed by atoms with van der Waals surface area (Å²) in [5.41, 5.74) is 17.0. The summed E-state index contributed by atoms with van der Waals surface area (Å²) in [5.74, 6) is 2.03. The van der Waals surface area contributed by atoms with E-state index >= 15 is 0 Å². The van der Waals surface area contributed by atoms with Gasteiger partial charge in [0.15, 0.2) is 0 Å². The molecule has 0 bridgehead atoms. The first kappa shape index (κ1) is 48.8. The number of para-hydroxylation sites is 2. The number of rotatable bonds is 10. The Balaban J connectivity index is 0.000000236. The van der Waals surface area contributed by atoms with Crippen LogP contribution in [0.2, 0.25) is 19.6 Å². The molecule has 0 saturated carbocycles. The van der Waals surface area contributed by atoms with Gasteiger partial charge in [0.05, 0.1) is 30.5 Å². The van der Waals surface area contributed by atoms with Crippen LogP contribution in [-0.2, 0) is 26.5 Å². The number of fused-ring (bicyclic) bond motifs is 4. The van der Waals surface area contributed by atoms with E-state index in [1.165, 1.54) is 44.3 Å². The SMILES string of the molecule is CC(C)Cc1cc(-c2[c-]cc(C#N)cc2)ncc1[Si](C)(C)C.CC(C)c1cc(-c2ccccc2)cc(C(C)C)c1-n1c(-c2[c-]ccc3c2oc2cc(-c4ccccc4)ccc23)nc2ccccc21.[Ir]. The fourth-order valence-corrected chi connectivity index (χ4v) is 10.9. The average Bonchev–Trinajstić information content (AvgIpc) is 3.92. The Morgan fingerprint density at radius 3 is 1.94 bits per heavy atom. The molecule has 7 aromatic carbocycles. The van der Waals surface area contributed by atoms with Gasteiger partial charge in [-0.2, -0.15) is 0 Å². The van der Waals surface area contributed by atoms with E-state index in [1.807, 2.05) is 24.3 Å². The minimum absolute atomic E-state index is 0. The molecule has 1 radical (unpaired) electrons. The Bertz CT molecular complexity index is 3420. The summed E-state index contributed by atoms with van der Waals surface area (Å²) in [6.45, 7) is 20.7. The van der Waals surface area contributed by atoms with Gasteiger partial charge in [-0.15, -0.1) is 48.0 Å². The molecule has 0 unspecified atom stereocenters. The van der Waals surface area contributed by atoms with E-state index in [9.17, 15) is 0 Å². The molecule has 3 heterocycles. The summed E-state index contributed by atoms with van der Waals surface area (Å²) >= 11 is 0. The molecule has 5 nitrogen and oxygen atoms in total. The quantitative estimate of drug-likeness (QED) is 0.101. The van der Waals surface area contributed by atoms with E-state index in [4.69, 9.17) is 14.7 Å². The molecule has 0 spiro atoms. The van der Waals surface area contributed by atoms with Gasteiger partial charge in [0.1, 0.15) is 5.58 Å². The third kappa shape index (κ3) is 10.1. The van der Waals surface area contributed by atoms with Crippen LogP contribution in [-0.4, -0.2) is 22.6 Å². The first-order chi connectivity index (χ1) is 32.8. The van der Waals surface area contributed by atoms with Gasteiger partial charge in [-0.05, 0) is 104 Å². The fraction of sp³-hybridized carbons (Fsp3) is 0.210. The number of benzene rings is 7. The molecular weight excluding hydrogens is 1040 g/mol. The van der Waals surface area contributed by atoms with Crippen molar-refractivity contribution in [2.75, 3.05) is 0 Å². The average molecular weight is 1100 g/mol. The van der Waals surface area contributed by atoms with E-state index < -0.39 is 8.07 Å². The summed E-state index contributed by atoms with van der Waals surface area (Å²) in [7, 11) is -1.40. The van der Waals surface area contributed by atoms with E-state index in [0.717, 1.165) is 67.6 Å². The van der Waals surface area contributed by atoms with Crippen LogP contribution >= 0.6 is 0 Å². The van der Waals surface area contributed by atoms with Crippen molar-refractivity contribution in [3.63, 3.8) is 0 Å². The van der Waals surface area contributed by atoms with Crippen molar-refractivity contribution in [3.05, 3.63) is 192 Å². The van der Waals surface area contributed by atoms with Gasteiger partial charge >= 0.3 is 0 Å². The standard InChI is InChI=1S/C43H35N2O.C19H23N2Si.Ir/c1-27(2)36-24-32(30-16-9-6-10-17-30)25-37(28(3)4)41(36)45-39-21-12-11-20-38(39)44-43(45)35-19-13-18-34-33-23-22-31(26-40(33)46-42(34)35)29-14-7-5-8-15-29;1-14(2)10-17-11-18(21-13-19(17)22(3,4)5)16-8-6-15(12-20)7-9-16;/h5-18,20-28H,1-4H3;6-8,11,13-14H,10H2,1-5H3;/q2*-1;. The second-order valence-corrected chi connectivity index (χ2v) is 24.9. The van der Waals surface area contributed by atoms with E-state index in [1.54, 1.807) is 6.07 Å². The van der Waals surface area contributed by atoms with Gasteiger partial charge in [0.25, 0.3) is 0 Å². The van der Waals surface area contributed by atoms with Gasteiger partial charge < -0.3 is 14.0 Å². The topological polar surface area (TPSA) is 67.6 Å². The van der Waals surface area contributed by atoms with E-state index in [2.05, 4.69) is 216 Å². The zero-order valence-corrected chi connectivity index (χ0v) is 44.4. The fourth-order valence-electron chi connectivity index (χ4n) is 9.34. The van der Waals surface area contributed by atoms with Crippen LogP contribution in [0.25, 0.3) is 83.6 Å². The molecule has 0 saturated heterocycles. The maximum absolute atomic E-state index is 8.89. The number of pyridine rings is 1. The third-order valence-electron chi connectivity index (χ3n) is 12.7. The predicted molar refractivity (Wildman–Crippen MR) is 286 cm³/mol. The maximum atomic E-state index is 8.89. The summed E-state index contributed by atoms with van der Waals surface area (Å²) in [6.07, 6.45) is 3.14. The van der Waals surface area contributed by atoms with Gasteiger partial charge in [0.2, 0.25) is 0 Å². The zero-order valence-electron chi connectivity index (χ0n) is 41.0. The van der Waals surface area contributed by atoms with E-state index in [0.29, 0.717) is 11.5 Å². The Morgan fingerprint density at radius 2 is 1.33 bits per heavy atom. The van der Waals surface area contributed by atoms with Gasteiger partial charge in [0, 0.05) is 43.4 Å². The van der Waals surface area contributed by atoms with Crippen LogP contribution in [0.3, 0.4) is 0 Å². The number of nitrogens with zero attached hydrogens (tertiary/aromatic N) is 4. The molecule has 0 aliphatic carbocycles. The van der Waals surface area contributed by atoms with E-state index in [-0.39, 0.29) is 31.9 Å². The number of furan rings is 1. The van der Waals surface area contributed by atoms with Gasteiger partial charge in [-0.1, -0.05) is 169 Å². The zero-order chi connectivity index (χ0) is 47.7. The Hall–Kier alpha value is -6.68. The number of hydrogen-bond donors (Lipinski definition) is 0. The molecule has 3 aromatic heterocycles. The van der Waals surface area contributed by atoms with Crippen molar-refractivity contribution in [2.24, 2.45) is 5.92 Å². The Morgan fingerprint density at radius 1 is 0.681 bits per heavy atom. The molecular formula is C62H58IrN4OSi-2. The summed E-state index contributed by atoms with van der Waals surface area (Å²) in [5, 5.41) is 12.5. The van der Waals surface area contributed by atoms with Crippen molar-refractivity contribution >= 4 is 46.2 Å². The smallest absolute Gasteiger partial charge is 0.121 e. The second-order valence-electron chi connectivity index (χ2n) is 19.9. The molecule has 69 heavy (non-hydrogen) atoms. The van der Waals surface area contributed by atoms with Crippen molar-refractivity contribution in [1.29, 1.82) is 5.26 Å². The van der Waals surface area contributed by atoms with Crippen LogP contribution in [0, 0.1) is 29.4 Å². The minimum Gasteiger partial charge on any atom is -0.501 e. The first-order valence-electron chi connectivity index (χ1n) is 23.8. The normalized spacial score (nSPS) is 11.6. The van der Waals surface area contributed by atoms with Gasteiger partial charge in [-0.3, -0.25) is 4.98 Å². The van der Waals surface area contributed by atoms with Crippen LogP contribution in [0.1, 0.15) is 75.6 Å². The maximum Gasteiger partial charge on any atom is 0.121 e. The molecule has 0 aliphatic heterocycles. The summed E-state index contributed by atoms with van der Waals surface area (Å²) < 4.78 is 9.10. The second kappa shape index (κ2) is 20.5. The Kier molecular flexibility index (Phi) is 14.5. The first-order valence-corrected chi connectivity index (χ1v) is 27.3. The van der Waals surface area contributed by atoms with Crippen molar-refractivity contribution in [1.82, 2.24) is 14.5 Å². The van der Waals surface area contributed by atoms with Crippen LogP contribution in [0.5, 0.6) is 0 Å². The molecule has 10 aromatic rings. The van der Waals surface area contributed by atoms with Crippen LogP contribution in [0.15, 0.2) is 162 Å². The number of nitriles is 1. The van der Waals surface area contributed by atoms with Gasteiger partial charge in [-0.25, -0.2) is 5.26 Å². The number of imidazole rings is 1. The monoisotopic (exact) mass is 1100 g/mol. The molecule has 0 fully saturated rings.